The van der Waals surface area contributed by atoms with Gasteiger partial charge in [-0.1, -0.05) is 18.2 Å². The quantitative estimate of drug-likeness (QED) is 0.707. The molecule has 2 aromatic heterocycles. The number of nitrogens with zero attached hydrogens (tertiary/aromatic N) is 5. The number of rotatable bonds is 3. The first kappa shape index (κ1) is 16.5. The van der Waals surface area contributed by atoms with E-state index in [1.54, 1.807) is 12.3 Å². The van der Waals surface area contributed by atoms with E-state index in [2.05, 4.69) is 19.3 Å². The summed E-state index contributed by atoms with van der Waals surface area (Å²) in [5, 5.41) is 9.92. The highest BCUT2D eigenvalue weighted by molar-refractivity contribution is 5.79. The van der Waals surface area contributed by atoms with Crippen LogP contribution >= 0.6 is 0 Å². The van der Waals surface area contributed by atoms with Crippen LogP contribution < -0.4 is 10.6 Å². The topological polar surface area (TPSA) is 84.6 Å². The van der Waals surface area contributed by atoms with Gasteiger partial charge in [-0.25, -0.2) is 9.83 Å². The van der Waals surface area contributed by atoms with Crippen molar-refractivity contribution in [2.45, 2.75) is 25.1 Å². The number of anilines is 1. The highest BCUT2D eigenvalue weighted by atomic mass is 16.3. The highest BCUT2D eigenvalue weighted by Gasteiger charge is 2.28. The Morgan fingerprint density at radius 3 is 2.85 bits per heavy atom. The Labute approximate surface area is 151 Å². The van der Waals surface area contributed by atoms with Crippen LogP contribution in [0, 0.1) is 6.57 Å². The third-order valence-electron chi connectivity index (χ3n) is 4.80. The molecule has 132 valence electrons. The lowest BCUT2D eigenvalue weighted by Gasteiger charge is -2.35. The number of aromatic nitrogens is 3. The van der Waals surface area contributed by atoms with Crippen LogP contribution in [0.3, 0.4) is 0 Å². The second kappa shape index (κ2) is 6.75. The maximum Gasteiger partial charge on any atom is 0.206 e. The average Bonchev–Trinajstić information content (AvgIpc) is 3.03. The smallest absolute Gasteiger partial charge is 0.206 e. The van der Waals surface area contributed by atoms with E-state index in [0.29, 0.717) is 31.7 Å². The average molecular weight is 348 g/mol. The molecule has 7 heteroatoms. The van der Waals surface area contributed by atoms with Crippen LogP contribution in [0.5, 0.6) is 0 Å². The molecular weight excluding hydrogens is 328 g/mol. The molecule has 0 saturated carbocycles. The SMILES string of the molecule is [C-]#[N+]c1ccc(Cn2c(N3CC[C@H](O)[C@@H](N)C3)nc3ccccc32)nc1. The molecule has 26 heavy (non-hydrogen) atoms. The number of piperidine rings is 1. The van der Waals surface area contributed by atoms with Crippen molar-refractivity contribution in [1.82, 2.24) is 14.5 Å². The first-order valence-electron chi connectivity index (χ1n) is 8.62. The fraction of sp³-hybridized carbons (Fsp3) is 0.316. The van der Waals surface area contributed by atoms with Gasteiger partial charge in [-0.3, -0.25) is 4.98 Å². The molecule has 0 unspecified atom stereocenters. The Kier molecular flexibility index (Phi) is 4.29. The molecule has 4 rings (SSSR count). The zero-order chi connectivity index (χ0) is 18.1. The van der Waals surface area contributed by atoms with Crippen LogP contribution in [0.4, 0.5) is 11.6 Å². The van der Waals surface area contributed by atoms with Crippen LogP contribution in [0.1, 0.15) is 12.1 Å². The van der Waals surface area contributed by atoms with Crippen molar-refractivity contribution in [2.24, 2.45) is 5.73 Å². The summed E-state index contributed by atoms with van der Waals surface area (Å²) in [5.41, 5.74) is 9.40. The van der Waals surface area contributed by atoms with Crippen molar-refractivity contribution in [1.29, 1.82) is 0 Å². The van der Waals surface area contributed by atoms with E-state index in [1.165, 1.54) is 0 Å². The Balaban J connectivity index is 1.73. The van der Waals surface area contributed by atoms with Crippen molar-refractivity contribution >= 4 is 22.7 Å². The van der Waals surface area contributed by atoms with Crippen molar-refractivity contribution < 1.29 is 5.11 Å². The molecule has 1 aliphatic rings. The van der Waals surface area contributed by atoms with Crippen molar-refractivity contribution in [3.05, 3.63) is 59.7 Å². The van der Waals surface area contributed by atoms with Crippen LogP contribution in [0.2, 0.25) is 0 Å². The van der Waals surface area contributed by atoms with Gasteiger partial charge in [0.15, 0.2) is 0 Å². The van der Waals surface area contributed by atoms with E-state index < -0.39 is 6.10 Å². The molecule has 1 fully saturated rings. The maximum absolute atomic E-state index is 9.92. The summed E-state index contributed by atoms with van der Waals surface area (Å²) in [7, 11) is 0. The van der Waals surface area contributed by atoms with Crippen molar-refractivity contribution in [2.75, 3.05) is 18.0 Å². The molecule has 0 radical (unpaired) electrons. The lowest BCUT2D eigenvalue weighted by atomic mass is 10.0. The molecule has 3 aromatic rings. The maximum atomic E-state index is 9.92. The molecular formula is C19H20N6O. The highest BCUT2D eigenvalue weighted by Crippen LogP contribution is 2.26. The van der Waals surface area contributed by atoms with Crippen molar-refractivity contribution in [3.8, 4) is 0 Å². The first-order valence-corrected chi connectivity index (χ1v) is 8.62. The lowest BCUT2D eigenvalue weighted by molar-refractivity contribution is 0.124. The second-order valence-electron chi connectivity index (χ2n) is 6.57. The molecule has 0 spiro atoms. The van der Waals surface area contributed by atoms with Gasteiger partial charge in [-0.05, 0) is 24.6 Å². The molecule has 0 bridgehead atoms. The number of benzene rings is 1. The number of hydrogen-bond acceptors (Lipinski definition) is 5. The number of imidazole rings is 1. The third-order valence-corrected chi connectivity index (χ3v) is 4.80. The summed E-state index contributed by atoms with van der Waals surface area (Å²) in [6.07, 6.45) is 1.75. The summed E-state index contributed by atoms with van der Waals surface area (Å²) < 4.78 is 2.12. The lowest BCUT2D eigenvalue weighted by Crippen LogP contribution is -2.52. The molecule has 1 aromatic carbocycles. The molecule has 1 saturated heterocycles. The van der Waals surface area contributed by atoms with Crippen LogP contribution in [0.25, 0.3) is 15.9 Å². The third kappa shape index (κ3) is 3.01. The number of para-hydroxylation sites is 2. The van der Waals surface area contributed by atoms with E-state index in [9.17, 15) is 5.11 Å². The minimum atomic E-state index is -0.466. The normalized spacial score (nSPS) is 20.3. The standard InChI is InChI=1S/C19H20N6O/c1-21-13-6-7-14(22-10-13)11-25-17-5-3-2-4-16(17)23-19(25)24-9-8-18(26)15(20)12-24/h2-7,10,15,18,26H,8-9,11-12,20H2/t15-,18-/m0/s1. The van der Waals surface area contributed by atoms with E-state index >= 15 is 0 Å². The molecule has 3 N–H and O–H groups in total. The van der Waals surface area contributed by atoms with E-state index in [0.717, 1.165) is 22.7 Å². The summed E-state index contributed by atoms with van der Waals surface area (Å²) in [4.78, 5) is 14.7. The Bertz CT molecular complexity index is 958. The number of hydrogen-bond donors (Lipinski definition) is 2. The predicted octanol–water partition coefficient (Wildman–Crippen LogP) is 1.93. The van der Waals surface area contributed by atoms with E-state index in [-0.39, 0.29) is 6.04 Å². The Morgan fingerprint density at radius 2 is 2.12 bits per heavy atom. The van der Waals surface area contributed by atoms with Crippen LogP contribution in [0.15, 0.2) is 42.6 Å². The minimum absolute atomic E-state index is 0.284. The van der Waals surface area contributed by atoms with E-state index in [4.69, 9.17) is 17.3 Å². The fourth-order valence-electron chi connectivity index (χ4n) is 3.35. The van der Waals surface area contributed by atoms with Gasteiger partial charge in [0.2, 0.25) is 11.6 Å². The van der Waals surface area contributed by atoms with Gasteiger partial charge < -0.3 is 20.3 Å². The molecule has 0 amide bonds. The van der Waals surface area contributed by atoms with Gasteiger partial charge >= 0.3 is 0 Å². The zero-order valence-corrected chi connectivity index (χ0v) is 14.3. The van der Waals surface area contributed by atoms with Crippen LogP contribution in [-0.2, 0) is 6.54 Å². The van der Waals surface area contributed by atoms with Crippen molar-refractivity contribution in [3.63, 3.8) is 0 Å². The Hall–Kier alpha value is -2.95. The summed E-state index contributed by atoms with van der Waals surface area (Å²) in [6, 6.07) is 11.4. The van der Waals surface area contributed by atoms with E-state index in [1.807, 2.05) is 30.3 Å². The van der Waals surface area contributed by atoms with Gasteiger partial charge in [0, 0.05) is 25.3 Å². The monoisotopic (exact) mass is 348 g/mol. The van der Waals surface area contributed by atoms with Gasteiger partial charge in [-0.15, -0.1) is 0 Å². The number of fused-ring (bicyclic) bond motifs is 1. The predicted molar refractivity (Wildman–Crippen MR) is 100 cm³/mol. The largest absolute Gasteiger partial charge is 0.391 e. The summed E-state index contributed by atoms with van der Waals surface area (Å²) >= 11 is 0. The summed E-state index contributed by atoms with van der Waals surface area (Å²) in [6.45, 7) is 8.89. The molecule has 3 heterocycles. The van der Waals surface area contributed by atoms with Gasteiger partial charge in [0.05, 0.1) is 35.9 Å². The first-order chi connectivity index (χ1) is 12.7. The van der Waals surface area contributed by atoms with Gasteiger partial charge in [0.1, 0.15) is 0 Å². The molecule has 1 aliphatic heterocycles. The molecule has 2 atom stereocenters. The second-order valence-corrected chi connectivity index (χ2v) is 6.57. The van der Waals surface area contributed by atoms with Crippen LogP contribution in [-0.4, -0.2) is 44.9 Å². The summed E-state index contributed by atoms with van der Waals surface area (Å²) in [5.74, 6) is 0.838. The molecule has 7 nitrogen and oxygen atoms in total. The van der Waals surface area contributed by atoms with Gasteiger partial charge in [-0.2, -0.15) is 0 Å². The number of pyridine rings is 1. The minimum Gasteiger partial charge on any atom is -0.391 e. The number of aliphatic hydroxyl groups excluding tert-OH is 1. The number of nitrogens with two attached hydrogens (primary N) is 1. The Morgan fingerprint density at radius 1 is 1.27 bits per heavy atom. The number of aliphatic hydroxyl groups is 1. The zero-order valence-electron chi connectivity index (χ0n) is 14.3. The fourth-order valence-corrected chi connectivity index (χ4v) is 3.35. The van der Waals surface area contributed by atoms with Gasteiger partial charge in [0.25, 0.3) is 0 Å². The molecule has 0 aliphatic carbocycles.